The average molecular weight is 271 g/mol. The summed E-state index contributed by atoms with van der Waals surface area (Å²) in [5, 5.41) is 0. The summed E-state index contributed by atoms with van der Waals surface area (Å²) in [4.78, 5) is 12.3. The van der Waals surface area contributed by atoms with Gasteiger partial charge in [-0.1, -0.05) is 18.2 Å². The predicted octanol–water partition coefficient (Wildman–Crippen LogP) is 3.20. The van der Waals surface area contributed by atoms with E-state index < -0.39 is 0 Å². The van der Waals surface area contributed by atoms with Crippen molar-refractivity contribution < 1.29 is 9.53 Å². The molecule has 1 saturated heterocycles. The number of anilines is 1. The molecule has 1 unspecified atom stereocenters. The molecule has 1 aromatic rings. The van der Waals surface area contributed by atoms with Gasteiger partial charge in [0, 0.05) is 18.2 Å². The van der Waals surface area contributed by atoms with Gasteiger partial charge in [0.15, 0.2) is 5.78 Å². The summed E-state index contributed by atoms with van der Waals surface area (Å²) in [6.07, 6.45) is 8.84. The molecule has 0 aromatic heterocycles. The Hall–Kier alpha value is -1.61. The highest BCUT2D eigenvalue weighted by molar-refractivity contribution is 5.95. The van der Waals surface area contributed by atoms with Crippen molar-refractivity contribution in [2.75, 3.05) is 12.3 Å². The number of rotatable bonds is 3. The van der Waals surface area contributed by atoms with E-state index in [1.165, 1.54) is 6.42 Å². The van der Waals surface area contributed by atoms with Crippen LogP contribution >= 0.6 is 0 Å². The van der Waals surface area contributed by atoms with Gasteiger partial charge in [-0.2, -0.15) is 0 Å². The molecule has 1 heterocycles. The average Bonchev–Trinajstić information content (AvgIpc) is 2.45. The first-order valence-corrected chi connectivity index (χ1v) is 7.38. The van der Waals surface area contributed by atoms with E-state index >= 15 is 0 Å². The van der Waals surface area contributed by atoms with Gasteiger partial charge in [0.2, 0.25) is 0 Å². The third kappa shape index (κ3) is 2.78. The van der Waals surface area contributed by atoms with E-state index in [0.29, 0.717) is 0 Å². The largest absolute Gasteiger partial charge is 0.399 e. The van der Waals surface area contributed by atoms with Gasteiger partial charge in [0.05, 0.1) is 5.60 Å². The Morgan fingerprint density at radius 1 is 1.30 bits per heavy atom. The molecule has 2 N–H and O–H groups in total. The zero-order valence-corrected chi connectivity index (χ0v) is 11.7. The van der Waals surface area contributed by atoms with Crippen LogP contribution in [0.5, 0.6) is 0 Å². The summed E-state index contributed by atoms with van der Waals surface area (Å²) >= 11 is 0. The fourth-order valence-corrected chi connectivity index (χ4v) is 3.11. The van der Waals surface area contributed by atoms with Gasteiger partial charge in [0.1, 0.15) is 0 Å². The standard InChI is InChI=1S/C17H21NO2/c18-15-5-2-13(3-6-15)4-7-16(19)14-8-11-20-17(12-14)9-1-10-17/h2-7,14H,1,8-12,18H2/b7-4+. The molecular weight excluding hydrogens is 250 g/mol. The molecule has 1 aliphatic carbocycles. The van der Waals surface area contributed by atoms with E-state index in [1.807, 2.05) is 30.3 Å². The van der Waals surface area contributed by atoms with Gasteiger partial charge in [-0.05, 0) is 55.9 Å². The maximum absolute atomic E-state index is 12.3. The third-order valence-corrected chi connectivity index (χ3v) is 4.54. The molecular formula is C17H21NO2. The van der Waals surface area contributed by atoms with Crippen molar-refractivity contribution in [1.82, 2.24) is 0 Å². The minimum absolute atomic E-state index is 0.0353. The van der Waals surface area contributed by atoms with Crippen LogP contribution in [0.4, 0.5) is 5.69 Å². The van der Waals surface area contributed by atoms with E-state index in [4.69, 9.17) is 10.5 Å². The van der Waals surface area contributed by atoms with Gasteiger partial charge in [-0.15, -0.1) is 0 Å². The molecule has 2 fully saturated rings. The molecule has 0 bridgehead atoms. The minimum Gasteiger partial charge on any atom is -0.399 e. The second kappa shape index (κ2) is 5.41. The van der Waals surface area contributed by atoms with Crippen molar-refractivity contribution in [3.63, 3.8) is 0 Å². The fraction of sp³-hybridized carbons (Fsp3) is 0.471. The highest BCUT2D eigenvalue weighted by Gasteiger charge is 2.43. The van der Waals surface area contributed by atoms with Gasteiger partial charge in [-0.3, -0.25) is 4.79 Å². The van der Waals surface area contributed by atoms with E-state index in [0.717, 1.165) is 43.5 Å². The van der Waals surface area contributed by atoms with E-state index in [9.17, 15) is 4.79 Å². The van der Waals surface area contributed by atoms with Crippen LogP contribution in [-0.2, 0) is 9.53 Å². The van der Waals surface area contributed by atoms with Gasteiger partial charge in [-0.25, -0.2) is 0 Å². The molecule has 3 rings (SSSR count). The summed E-state index contributed by atoms with van der Waals surface area (Å²) in [6, 6.07) is 7.55. The molecule has 20 heavy (non-hydrogen) atoms. The summed E-state index contributed by atoms with van der Waals surface area (Å²) < 4.78 is 5.87. The molecule has 1 spiro atoms. The second-order valence-corrected chi connectivity index (χ2v) is 5.98. The first-order valence-electron chi connectivity index (χ1n) is 7.38. The summed E-state index contributed by atoms with van der Waals surface area (Å²) in [5.41, 5.74) is 7.43. The van der Waals surface area contributed by atoms with Crippen molar-refractivity contribution >= 4 is 17.5 Å². The smallest absolute Gasteiger partial charge is 0.158 e. The molecule has 3 nitrogen and oxygen atoms in total. The molecule has 1 saturated carbocycles. The van der Waals surface area contributed by atoms with E-state index in [-0.39, 0.29) is 17.3 Å². The maximum Gasteiger partial charge on any atom is 0.158 e. The van der Waals surface area contributed by atoms with Crippen LogP contribution in [0.1, 0.15) is 37.7 Å². The third-order valence-electron chi connectivity index (χ3n) is 4.54. The zero-order valence-electron chi connectivity index (χ0n) is 11.7. The Morgan fingerprint density at radius 3 is 2.70 bits per heavy atom. The Bertz CT molecular complexity index is 514. The molecule has 3 heteroatoms. The van der Waals surface area contributed by atoms with Crippen LogP contribution in [0.15, 0.2) is 30.3 Å². The van der Waals surface area contributed by atoms with E-state index in [1.54, 1.807) is 6.08 Å². The van der Waals surface area contributed by atoms with Gasteiger partial charge in [0.25, 0.3) is 0 Å². The highest BCUT2D eigenvalue weighted by atomic mass is 16.5. The number of hydrogen-bond donors (Lipinski definition) is 1. The number of nitrogen functional groups attached to an aromatic ring is 1. The molecule has 106 valence electrons. The lowest BCUT2D eigenvalue weighted by atomic mass is 9.71. The van der Waals surface area contributed by atoms with Crippen molar-refractivity contribution in [1.29, 1.82) is 0 Å². The van der Waals surface area contributed by atoms with Crippen LogP contribution in [0.2, 0.25) is 0 Å². The van der Waals surface area contributed by atoms with Crippen molar-refractivity contribution in [2.24, 2.45) is 5.92 Å². The first kappa shape index (κ1) is 13.4. The van der Waals surface area contributed by atoms with Crippen LogP contribution in [-0.4, -0.2) is 18.0 Å². The lowest BCUT2D eigenvalue weighted by Crippen LogP contribution is -2.46. The number of carbonyl (C=O) groups is 1. The monoisotopic (exact) mass is 271 g/mol. The number of carbonyl (C=O) groups excluding carboxylic acids is 1. The Morgan fingerprint density at radius 2 is 2.05 bits per heavy atom. The predicted molar refractivity (Wildman–Crippen MR) is 80.2 cm³/mol. The summed E-state index contributed by atoms with van der Waals surface area (Å²) in [6.45, 7) is 0.728. The molecule has 0 amide bonds. The number of ether oxygens (including phenoxy) is 1. The van der Waals surface area contributed by atoms with Crippen LogP contribution in [0.25, 0.3) is 6.08 Å². The molecule has 1 aromatic carbocycles. The molecule has 1 aliphatic heterocycles. The van der Waals surface area contributed by atoms with Gasteiger partial charge < -0.3 is 10.5 Å². The zero-order chi connectivity index (χ0) is 14.0. The summed E-state index contributed by atoms with van der Waals surface area (Å²) in [7, 11) is 0. The Balaban J connectivity index is 1.62. The van der Waals surface area contributed by atoms with Crippen molar-refractivity contribution in [2.45, 2.75) is 37.7 Å². The normalized spacial score (nSPS) is 24.7. The minimum atomic E-state index is 0.0353. The topological polar surface area (TPSA) is 52.3 Å². The molecule has 2 aliphatic rings. The van der Waals surface area contributed by atoms with Crippen LogP contribution in [0.3, 0.4) is 0 Å². The number of ketones is 1. The lowest BCUT2D eigenvalue weighted by Gasteiger charge is -2.46. The number of allylic oxidation sites excluding steroid dienone is 1. The van der Waals surface area contributed by atoms with Crippen LogP contribution in [0, 0.1) is 5.92 Å². The molecule has 1 atom stereocenters. The highest BCUT2D eigenvalue weighted by Crippen LogP contribution is 2.44. The Labute approximate surface area is 119 Å². The Kier molecular flexibility index (Phi) is 3.62. The second-order valence-electron chi connectivity index (χ2n) is 5.98. The maximum atomic E-state index is 12.3. The fourth-order valence-electron chi connectivity index (χ4n) is 3.11. The lowest BCUT2D eigenvalue weighted by molar-refractivity contribution is -0.152. The summed E-state index contributed by atoms with van der Waals surface area (Å²) in [5.74, 6) is 0.366. The number of hydrogen-bond acceptors (Lipinski definition) is 3. The number of nitrogens with two attached hydrogens (primary N) is 1. The van der Waals surface area contributed by atoms with Crippen molar-refractivity contribution in [3.05, 3.63) is 35.9 Å². The SMILES string of the molecule is Nc1ccc(/C=C/C(=O)C2CCOC3(CCC3)C2)cc1. The first-order chi connectivity index (χ1) is 9.67. The quantitative estimate of drug-likeness (QED) is 0.678. The van der Waals surface area contributed by atoms with Crippen LogP contribution < -0.4 is 5.73 Å². The van der Waals surface area contributed by atoms with Crippen molar-refractivity contribution in [3.8, 4) is 0 Å². The number of benzene rings is 1. The molecule has 0 radical (unpaired) electrons. The van der Waals surface area contributed by atoms with E-state index in [2.05, 4.69) is 0 Å². The van der Waals surface area contributed by atoms with Gasteiger partial charge >= 0.3 is 0 Å².